The average molecular weight is 238 g/mol. The molecule has 1 aromatic rings. The zero-order valence-electron chi connectivity index (χ0n) is 6.64. The van der Waals surface area contributed by atoms with Crippen LogP contribution in [0.5, 0.6) is 0 Å². The smallest absolute Gasteiger partial charge is 0.335 e. The number of carboxylic acid groups (broad SMARTS) is 1. The lowest BCUT2D eigenvalue weighted by Gasteiger charge is -1.96. The van der Waals surface area contributed by atoms with E-state index in [1.165, 1.54) is 12.1 Å². The van der Waals surface area contributed by atoms with Crippen molar-refractivity contribution < 1.29 is 14.8 Å². The third-order valence-electron chi connectivity index (χ3n) is 1.39. The number of halogens is 2. The number of nitro benzene ring substituents is 1. The predicted octanol–water partition coefficient (Wildman–Crippen LogP) is 2.37. The van der Waals surface area contributed by atoms with Crippen molar-refractivity contribution >= 4 is 35.7 Å². The summed E-state index contributed by atoms with van der Waals surface area (Å²) in [6, 6.07) is 3.31. The third kappa shape index (κ3) is 2.58. The minimum absolute atomic E-state index is 0. The molecule has 76 valence electrons. The van der Waals surface area contributed by atoms with Crippen LogP contribution in [0.4, 0.5) is 5.69 Å². The first-order valence-electron chi connectivity index (χ1n) is 3.19. The summed E-state index contributed by atoms with van der Waals surface area (Å²) >= 11 is 5.46. The summed E-state index contributed by atoms with van der Waals surface area (Å²) in [4.78, 5) is 20.0. The highest BCUT2D eigenvalue weighted by Gasteiger charge is 2.15. The number of rotatable bonds is 2. The summed E-state index contributed by atoms with van der Waals surface area (Å²) in [5.74, 6) is -1.22. The van der Waals surface area contributed by atoms with Gasteiger partial charge in [0.05, 0.1) is 10.5 Å². The number of nitrogens with zero attached hydrogens (tertiary/aromatic N) is 1. The largest absolute Gasteiger partial charge is 0.478 e. The molecule has 0 aliphatic carbocycles. The van der Waals surface area contributed by atoms with Crippen LogP contribution >= 0.6 is 24.0 Å². The Kier molecular flexibility index (Phi) is 4.33. The fourth-order valence-electron chi connectivity index (χ4n) is 0.786. The number of aromatic carboxylic acids is 1. The van der Waals surface area contributed by atoms with Gasteiger partial charge < -0.3 is 5.11 Å². The van der Waals surface area contributed by atoms with Crippen molar-refractivity contribution in [1.29, 1.82) is 0 Å². The summed E-state index contributed by atoms with van der Waals surface area (Å²) in [6.07, 6.45) is 0. The van der Waals surface area contributed by atoms with Crippen LogP contribution in [-0.4, -0.2) is 16.0 Å². The van der Waals surface area contributed by atoms with E-state index in [9.17, 15) is 14.9 Å². The van der Waals surface area contributed by atoms with Gasteiger partial charge in [0.1, 0.15) is 5.02 Å². The van der Waals surface area contributed by atoms with E-state index in [0.717, 1.165) is 6.07 Å². The molecule has 0 aromatic heterocycles. The van der Waals surface area contributed by atoms with Gasteiger partial charge in [0.25, 0.3) is 5.69 Å². The number of carbonyl (C=O) groups is 1. The van der Waals surface area contributed by atoms with E-state index in [0.29, 0.717) is 0 Å². The molecule has 7 heteroatoms. The highest BCUT2D eigenvalue weighted by Crippen LogP contribution is 2.24. The van der Waals surface area contributed by atoms with Gasteiger partial charge in [-0.15, -0.1) is 12.4 Å². The van der Waals surface area contributed by atoms with Crippen molar-refractivity contribution in [1.82, 2.24) is 0 Å². The number of carboxylic acids is 1. The Bertz CT molecular complexity index is 380. The topological polar surface area (TPSA) is 80.4 Å². The monoisotopic (exact) mass is 237 g/mol. The Morgan fingerprint density at radius 2 is 2.07 bits per heavy atom. The van der Waals surface area contributed by atoms with Gasteiger partial charge in [0.15, 0.2) is 0 Å². The Balaban J connectivity index is 0.00000169. The van der Waals surface area contributed by atoms with E-state index >= 15 is 0 Å². The Morgan fingerprint density at radius 1 is 1.50 bits per heavy atom. The molecule has 0 aliphatic heterocycles. The molecule has 0 saturated heterocycles. The molecule has 0 spiro atoms. The molecular formula is C7H5Cl2NO4. The molecular weight excluding hydrogens is 233 g/mol. The SMILES string of the molecule is Cl.O=C(O)c1ccc(Cl)c([N+](=O)[O-])c1. The summed E-state index contributed by atoms with van der Waals surface area (Å²) < 4.78 is 0. The second-order valence-electron chi connectivity index (χ2n) is 2.23. The summed E-state index contributed by atoms with van der Waals surface area (Å²) in [5, 5.41) is 18.8. The Labute approximate surface area is 89.9 Å². The van der Waals surface area contributed by atoms with E-state index in [1.807, 2.05) is 0 Å². The van der Waals surface area contributed by atoms with Crippen molar-refractivity contribution in [3.63, 3.8) is 0 Å². The maximum absolute atomic E-state index is 10.4. The van der Waals surface area contributed by atoms with Crippen molar-refractivity contribution in [3.8, 4) is 0 Å². The molecule has 0 atom stereocenters. The average Bonchev–Trinajstić information content (AvgIpc) is 2.04. The molecule has 0 radical (unpaired) electrons. The van der Waals surface area contributed by atoms with Crippen LogP contribution in [0.25, 0.3) is 0 Å². The van der Waals surface area contributed by atoms with Gasteiger partial charge in [-0.2, -0.15) is 0 Å². The minimum Gasteiger partial charge on any atom is -0.478 e. The van der Waals surface area contributed by atoms with Gasteiger partial charge in [-0.25, -0.2) is 4.79 Å². The Hall–Kier alpha value is -1.33. The van der Waals surface area contributed by atoms with Crippen LogP contribution in [0, 0.1) is 10.1 Å². The molecule has 1 aromatic carbocycles. The molecule has 5 nitrogen and oxygen atoms in total. The Morgan fingerprint density at radius 3 is 2.50 bits per heavy atom. The molecule has 0 bridgehead atoms. The number of hydrogen-bond donors (Lipinski definition) is 1. The quantitative estimate of drug-likeness (QED) is 0.633. The summed E-state index contributed by atoms with van der Waals surface area (Å²) in [7, 11) is 0. The van der Waals surface area contributed by atoms with E-state index in [4.69, 9.17) is 16.7 Å². The van der Waals surface area contributed by atoms with Crippen LogP contribution < -0.4 is 0 Å². The second kappa shape index (κ2) is 4.78. The zero-order valence-corrected chi connectivity index (χ0v) is 8.21. The van der Waals surface area contributed by atoms with Crippen molar-refractivity contribution in [2.24, 2.45) is 0 Å². The van der Waals surface area contributed by atoms with Crippen molar-refractivity contribution in [2.75, 3.05) is 0 Å². The van der Waals surface area contributed by atoms with Gasteiger partial charge in [-0.3, -0.25) is 10.1 Å². The lowest BCUT2D eigenvalue weighted by molar-refractivity contribution is -0.384. The molecule has 1 N–H and O–H groups in total. The summed E-state index contributed by atoms with van der Waals surface area (Å²) in [5.41, 5.74) is -0.558. The van der Waals surface area contributed by atoms with Gasteiger partial charge in [-0.05, 0) is 12.1 Å². The fourth-order valence-corrected chi connectivity index (χ4v) is 0.972. The van der Waals surface area contributed by atoms with E-state index < -0.39 is 16.6 Å². The highest BCUT2D eigenvalue weighted by molar-refractivity contribution is 6.32. The maximum Gasteiger partial charge on any atom is 0.335 e. The molecule has 0 aliphatic rings. The van der Waals surface area contributed by atoms with Gasteiger partial charge in [-0.1, -0.05) is 11.6 Å². The van der Waals surface area contributed by atoms with E-state index in [1.54, 1.807) is 0 Å². The molecule has 0 saturated carbocycles. The first kappa shape index (κ1) is 12.7. The van der Waals surface area contributed by atoms with Gasteiger partial charge in [0.2, 0.25) is 0 Å². The normalized spacial score (nSPS) is 8.93. The molecule has 0 fully saturated rings. The van der Waals surface area contributed by atoms with Gasteiger partial charge >= 0.3 is 5.97 Å². The summed E-state index contributed by atoms with van der Waals surface area (Å²) in [6.45, 7) is 0. The second-order valence-corrected chi connectivity index (χ2v) is 2.64. The predicted molar refractivity (Wildman–Crippen MR) is 52.3 cm³/mol. The first-order valence-corrected chi connectivity index (χ1v) is 3.57. The first-order chi connectivity index (χ1) is 6.02. The molecule has 0 heterocycles. The molecule has 14 heavy (non-hydrogen) atoms. The number of nitro groups is 1. The molecule has 0 unspecified atom stereocenters. The zero-order chi connectivity index (χ0) is 10.0. The fraction of sp³-hybridized carbons (Fsp3) is 0. The molecule has 1 rings (SSSR count). The lowest BCUT2D eigenvalue weighted by Crippen LogP contribution is -1.98. The van der Waals surface area contributed by atoms with E-state index in [2.05, 4.69) is 0 Å². The third-order valence-corrected chi connectivity index (χ3v) is 1.71. The standard InChI is InChI=1S/C7H4ClNO4.ClH/c8-5-2-1-4(7(10)11)3-6(5)9(12)13;/h1-3H,(H,10,11);1H. The molecule has 0 amide bonds. The van der Waals surface area contributed by atoms with Crippen LogP contribution in [0.3, 0.4) is 0 Å². The van der Waals surface area contributed by atoms with Crippen LogP contribution in [0.2, 0.25) is 5.02 Å². The minimum atomic E-state index is -1.22. The van der Waals surface area contributed by atoms with Crippen molar-refractivity contribution in [3.05, 3.63) is 38.9 Å². The maximum atomic E-state index is 10.4. The highest BCUT2D eigenvalue weighted by atomic mass is 35.5. The number of hydrogen-bond acceptors (Lipinski definition) is 3. The van der Waals surface area contributed by atoms with Crippen LogP contribution in [0.15, 0.2) is 18.2 Å². The van der Waals surface area contributed by atoms with Crippen molar-refractivity contribution in [2.45, 2.75) is 0 Å². The number of benzene rings is 1. The van der Waals surface area contributed by atoms with Gasteiger partial charge in [0, 0.05) is 6.07 Å². The van der Waals surface area contributed by atoms with E-state index in [-0.39, 0.29) is 23.0 Å². The lowest BCUT2D eigenvalue weighted by atomic mass is 10.2. The van der Waals surface area contributed by atoms with Crippen LogP contribution in [0.1, 0.15) is 10.4 Å². The van der Waals surface area contributed by atoms with Crippen LogP contribution in [-0.2, 0) is 0 Å².